The lowest BCUT2D eigenvalue weighted by Crippen LogP contribution is -2.14. The van der Waals surface area contributed by atoms with Gasteiger partial charge in [0.2, 0.25) is 0 Å². The summed E-state index contributed by atoms with van der Waals surface area (Å²) in [6, 6.07) is 8.21. The van der Waals surface area contributed by atoms with Crippen molar-refractivity contribution >= 4 is 49.6 Å². The Morgan fingerprint density at radius 2 is 1.33 bits per heavy atom. The second-order valence-corrected chi connectivity index (χ2v) is 9.58. The number of nitrogens with zero attached hydrogens (tertiary/aromatic N) is 2. The largest absolute Gasteiger partial charge is 0.399 e. The maximum atomic E-state index is 5.67. The van der Waals surface area contributed by atoms with Crippen LogP contribution in [0.3, 0.4) is 0 Å². The number of hydrogen-bond donors (Lipinski definition) is 2. The number of nitrogen functional groups attached to an aromatic ring is 1. The van der Waals surface area contributed by atoms with Crippen LogP contribution >= 0.6 is 31.9 Å². The highest BCUT2D eigenvalue weighted by molar-refractivity contribution is 9.10. The molecule has 0 spiro atoms. The van der Waals surface area contributed by atoms with E-state index in [2.05, 4.69) is 101 Å². The van der Waals surface area contributed by atoms with Crippen LogP contribution in [0.5, 0.6) is 0 Å². The number of hydrogen-bond acceptors (Lipinski definition) is 6. The standard InChI is InChI=1S/C12H17BrN2.C8H10BrN.C4H10O3.C3H9N/c1-5-15(4)8-14-12-7-9(2)11(13)6-10(12)3;1-5-4-8(10)6(2)3-7(5)9;1-5-4(6-2)7-3;1-3-4-2/h6-8H,5H2,1-4H3;3-4H,10H2,1-2H3;4H,1-3H3;4H,3H2,1-2H3. The predicted octanol–water partition coefficient (Wildman–Crippen LogP) is 6.76. The Bertz CT molecular complexity index is 834. The molecule has 9 heteroatoms. The molecular formula is C27H46Br2N4O3. The van der Waals surface area contributed by atoms with E-state index in [0.29, 0.717) is 0 Å². The van der Waals surface area contributed by atoms with Gasteiger partial charge in [-0.05, 0) is 94.7 Å². The van der Waals surface area contributed by atoms with Gasteiger partial charge in [0.25, 0.3) is 6.48 Å². The first-order valence-electron chi connectivity index (χ1n) is 11.7. The molecule has 0 heterocycles. The van der Waals surface area contributed by atoms with E-state index in [9.17, 15) is 0 Å². The van der Waals surface area contributed by atoms with Gasteiger partial charge in [0.1, 0.15) is 0 Å². The first kappa shape index (κ1) is 36.7. The van der Waals surface area contributed by atoms with E-state index in [4.69, 9.17) is 5.73 Å². The minimum absolute atomic E-state index is 0.514. The Morgan fingerprint density at radius 3 is 1.69 bits per heavy atom. The van der Waals surface area contributed by atoms with Crippen LogP contribution in [0.15, 0.2) is 38.2 Å². The van der Waals surface area contributed by atoms with Gasteiger partial charge in [-0.1, -0.05) is 38.8 Å². The number of nitrogens with two attached hydrogens (primary N) is 1. The topological polar surface area (TPSA) is 81.3 Å². The molecule has 0 radical (unpaired) electrons. The second kappa shape index (κ2) is 21.6. The van der Waals surface area contributed by atoms with Gasteiger partial charge in [-0.2, -0.15) is 0 Å². The number of anilines is 1. The summed E-state index contributed by atoms with van der Waals surface area (Å²) in [4.78, 5) is 6.51. The van der Waals surface area contributed by atoms with Crippen molar-refractivity contribution in [1.29, 1.82) is 0 Å². The van der Waals surface area contributed by atoms with Crippen LogP contribution < -0.4 is 11.1 Å². The Morgan fingerprint density at radius 1 is 0.889 bits per heavy atom. The minimum Gasteiger partial charge on any atom is -0.399 e. The molecule has 0 fully saturated rings. The summed E-state index contributed by atoms with van der Waals surface area (Å²) in [6.07, 6.45) is 1.87. The number of benzene rings is 2. The lowest BCUT2D eigenvalue weighted by atomic mass is 10.1. The SMILES string of the molecule is CCN(C)C=Nc1cc(C)c(Br)cc1C.CCNC.COC(OC)OC.Cc1cc(Br)c(C)cc1N. The van der Waals surface area contributed by atoms with Gasteiger partial charge in [0.15, 0.2) is 0 Å². The van der Waals surface area contributed by atoms with E-state index in [-0.39, 0.29) is 0 Å². The van der Waals surface area contributed by atoms with Crippen molar-refractivity contribution in [2.75, 3.05) is 54.2 Å². The number of aryl methyl sites for hydroxylation is 4. The number of ether oxygens (including phenoxy) is 3. The Hall–Kier alpha value is -1.49. The predicted molar refractivity (Wildman–Crippen MR) is 163 cm³/mol. The molecule has 36 heavy (non-hydrogen) atoms. The lowest BCUT2D eigenvalue weighted by molar-refractivity contribution is -0.252. The molecule has 0 atom stereocenters. The van der Waals surface area contributed by atoms with E-state index in [0.717, 1.165) is 39.0 Å². The first-order valence-corrected chi connectivity index (χ1v) is 13.3. The summed E-state index contributed by atoms with van der Waals surface area (Å²) in [5.74, 6) is 0. The molecule has 2 rings (SSSR count). The van der Waals surface area contributed by atoms with E-state index in [1.165, 1.54) is 38.0 Å². The minimum atomic E-state index is -0.514. The van der Waals surface area contributed by atoms with Crippen molar-refractivity contribution < 1.29 is 14.2 Å². The van der Waals surface area contributed by atoms with E-state index < -0.39 is 6.48 Å². The molecule has 0 aliphatic rings. The smallest absolute Gasteiger partial charge is 0.270 e. The molecule has 2 aromatic carbocycles. The normalized spacial score (nSPS) is 10.2. The number of nitrogens with one attached hydrogen (secondary N) is 1. The average Bonchev–Trinajstić information content (AvgIpc) is 2.86. The number of halogens is 2. The van der Waals surface area contributed by atoms with Crippen LogP contribution in [0.4, 0.5) is 11.4 Å². The highest BCUT2D eigenvalue weighted by Gasteiger charge is 2.01. The van der Waals surface area contributed by atoms with Gasteiger partial charge in [0, 0.05) is 49.6 Å². The summed E-state index contributed by atoms with van der Waals surface area (Å²) in [7, 11) is 8.48. The third-order valence-electron chi connectivity index (χ3n) is 4.85. The third-order valence-corrected chi connectivity index (χ3v) is 6.56. The van der Waals surface area contributed by atoms with E-state index >= 15 is 0 Å². The third kappa shape index (κ3) is 16.3. The Balaban J connectivity index is 0. The molecule has 0 aromatic heterocycles. The zero-order valence-corrected chi connectivity index (χ0v) is 27.0. The van der Waals surface area contributed by atoms with Crippen molar-refractivity contribution in [3.05, 3.63) is 55.5 Å². The van der Waals surface area contributed by atoms with Crippen molar-refractivity contribution in [2.24, 2.45) is 4.99 Å². The molecular weight excluding hydrogens is 588 g/mol. The quantitative estimate of drug-likeness (QED) is 0.152. The van der Waals surface area contributed by atoms with E-state index in [1.807, 2.05) is 46.4 Å². The molecule has 0 saturated heterocycles. The van der Waals surface area contributed by atoms with Crippen LogP contribution in [-0.4, -0.2) is 66.2 Å². The Kier molecular flexibility index (Phi) is 22.0. The summed E-state index contributed by atoms with van der Waals surface area (Å²) in [5.41, 5.74) is 12.3. The Labute approximate surface area is 236 Å². The highest BCUT2D eigenvalue weighted by Crippen LogP contribution is 2.26. The van der Waals surface area contributed by atoms with Crippen LogP contribution in [0, 0.1) is 27.7 Å². The van der Waals surface area contributed by atoms with Gasteiger partial charge < -0.3 is 30.2 Å². The lowest BCUT2D eigenvalue weighted by Gasteiger charge is -2.09. The zero-order chi connectivity index (χ0) is 28.3. The molecule has 0 aliphatic carbocycles. The fourth-order valence-corrected chi connectivity index (χ4v) is 3.15. The summed E-state index contributed by atoms with van der Waals surface area (Å²) in [5, 5.41) is 2.93. The second-order valence-electron chi connectivity index (χ2n) is 7.87. The van der Waals surface area contributed by atoms with Gasteiger partial charge >= 0.3 is 0 Å². The summed E-state index contributed by atoms with van der Waals surface area (Å²) < 4.78 is 16.1. The van der Waals surface area contributed by atoms with Crippen molar-refractivity contribution in [3.63, 3.8) is 0 Å². The maximum absolute atomic E-state index is 5.67. The van der Waals surface area contributed by atoms with Gasteiger partial charge in [-0.3, -0.25) is 0 Å². The molecule has 0 aliphatic heterocycles. The molecule has 7 nitrogen and oxygen atoms in total. The number of rotatable bonds is 7. The van der Waals surface area contributed by atoms with Gasteiger partial charge in [-0.15, -0.1) is 0 Å². The molecule has 0 bridgehead atoms. The summed E-state index contributed by atoms with van der Waals surface area (Å²) >= 11 is 6.94. The van der Waals surface area contributed by atoms with Crippen LogP contribution in [0.1, 0.15) is 36.1 Å². The van der Waals surface area contributed by atoms with Crippen LogP contribution in [0.25, 0.3) is 0 Å². The van der Waals surface area contributed by atoms with Crippen molar-refractivity contribution in [2.45, 2.75) is 48.0 Å². The fraction of sp³-hybridized carbons (Fsp3) is 0.519. The molecule has 0 amide bonds. The monoisotopic (exact) mass is 632 g/mol. The van der Waals surface area contributed by atoms with Crippen molar-refractivity contribution in [3.8, 4) is 0 Å². The highest BCUT2D eigenvalue weighted by atomic mass is 79.9. The average molecular weight is 634 g/mol. The molecule has 3 N–H and O–H groups in total. The molecule has 0 saturated carbocycles. The van der Waals surface area contributed by atoms with Crippen molar-refractivity contribution in [1.82, 2.24) is 10.2 Å². The summed E-state index contributed by atoms with van der Waals surface area (Å²) in [6.45, 7) is 13.9. The van der Waals surface area contributed by atoms with Gasteiger partial charge in [0.05, 0.1) is 12.0 Å². The molecule has 2 aromatic rings. The molecule has 0 unspecified atom stereocenters. The van der Waals surface area contributed by atoms with Gasteiger partial charge in [-0.25, -0.2) is 4.99 Å². The maximum Gasteiger partial charge on any atom is 0.270 e. The van der Waals surface area contributed by atoms with E-state index in [1.54, 1.807) is 0 Å². The van der Waals surface area contributed by atoms with Crippen LogP contribution in [0.2, 0.25) is 0 Å². The first-order chi connectivity index (χ1) is 16.9. The molecule has 206 valence electrons. The fourth-order valence-electron chi connectivity index (χ4n) is 2.24. The van der Waals surface area contributed by atoms with Crippen LogP contribution in [-0.2, 0) is 14.2 Å². The number of aliphatic imine (C=N–C) groups is 1. The number of methoxy groups -OCH3 is 3. The zero-order valence-electron chi connectivity index (χ0n) is 23.8.